The maximum absolute atomic E-state index is 10.5. The van der Waals surface area contributed by atoms with Gasteiger partial charge in [-0.3, -0.25) is 0 Å². The van der Waals surface area contributed by atoms with E-state index in [1.807, 2.05) is 30.3 Å². The van der Waals surface area contributed by atoms with Crippen molar-refractivity contribution >= 4 is 29.2 Å². The SMILES string of the molecule is O=C(O)C(Cl)=C(Cl)CNCc1ccccc1. The van der Waals surface area contributed by atoms with Crippen molar-refractivity contribution in [1.82, 2.24) is 5.32 Å². The second-order valence-corrected chi connectivity index (χ2v) is 3.95. The number of carboxylic acids is 1. The number of benzene rings is 1. The van der Waals surface area contributed by atoms with Gasteiger partial charge in [-0.2, -0.15) is 0 Å². The fourth-order valence-corrected chi connectivity index (χ4v) is 1.35. The lowest BCUT2D eigenvalue weighted by Crippen LogP contribution is -2.16. The molecule has 0 bridgehead atoms. The number of rotatable bonds is 5. The van der Waals surface area contributed by atoms with Gasteiger partial charge in [-0.1, -0.05) is 53.5 Å². The van der Waals surface area contributed by atoms with Crippen LogP contribution in [0.15, 0.2) is 40.4 Å². The zero-order valence-corrected chi connectivity index (χ0v) is 9.92. The minimum absolute atomic E-state index is 0.102. The van der Waals surface area contributed by atoms with Crippen molar-refractivity contribution in [2.75, 3.05) is 6.54 Å². The Balaban J connectivity index is 2.42. The molecule has 0 aliphatic carbocycles. The Labute approximate surface area is 104 Å². The van der Waals surface area contributed by atoms with Gasteiger partial charge in [0.1, 0.15) is 5.03 Å². The number of halogens is 2. The third kappa shape index (κ3) is 4.23. The lowest BCUT2D eigenvalue weighted by molar-refractivity contribution is -0.131. The Kier molecular flexibility index (Phi) is 5.32. The summed E-state index contributed by atoms with van der Waals surface area (Å²) in [5.41, 5.74) is 1.10. The Morgan fingerprint density at radius 2 is 1.88 bits per heavy atom. The van der Waals surface area contributed by atoms with Gasteiger partial charge < -0.3 is 10.4 Å². The highest BCUT2D eigenvalue weighted by Gasteiger charge is 2.09. The summed E-state index contributed by atoms with van der Waals surface area (Å²) in [6.07, 6.45) is 0. The number of carbonyl (C=O) groups is 1. The molecule has 5 heteroatoms. The first-order valence-corrected chi connectivity index (χ1v) is 5.39. The van der Waals surface area contributed by atoms with Crippen LogP contribution in [0.5, 0.6) is 0 Å². The summed E-state index contributed by atoms with van der Waals surface area (Å²) in [7, 11) is 0. The molecule has 0 atom stereocenters. The molecular formula is C11H11Cl2NO2. The van der Waals surface area contributed by atoms with E-state index >= 15 is 0 Å². The summed E-state index contributed by atoms with van der Waals surface area (Å²) in [5, 5.41) is 11.3. The summed E-state index contributed by atoms with van der Waals surface area (Å²) in [6, 6.07) is 9.71. The van der Waals surface area contributed by atoms with E-state index in [0.717, 1.165) is 5.56 Å². The molecule has 0 saturated carbocycles. The molecule has 0 fully saturated rings. The van der Waals surface area contributed by atoms with Gasteiger partial charge in [0.15, 0.2) is 0 Å². The van der Waals surface area contributed by atoms with Gasteiger partial charge in [-0.15, -0.1) is 0 Å². The summed E-state index contributed by atoms with van der Waals surface area (Å²) >= 11 is 11.2. The average molecular weight is 260 g/mol. The number of hydrogen-bond donors (Lipinski definition) is 2. The second-order valence-electron chi connectivity index (χ2n) is 3.11. The second kappa shape index (κ2) is 6.53. The van der Waals surface area contributed by atoms with E-state index in [0.29, 0.717) is 6.54 Å². The standard InChI is InChI=1S/C11H11Cl2NO2/c12-9(10(13)11(15)16)7-14-6-8-4-2-1-3-5-8/h1-5,14H,6-7H2,(H,15,16). The van der Waals surface area contributed by atoms with Crippen LogP contribution in [0.2, 0.25) is 0 Å². The van der Waals surface area contributed by atoms with E-state index in [2.05, 4.69) is 5.32 Å². The average Bonchev–Trinajstić information content (AvgIpc) is 2.29. The van der Waals surface area contributed by atoms with E-state index in [9.17, 15) is 4.79 Å². The Morgan fingerprint density at radius 3 is 2.44 bits per heavy atom. The third-order valence-electron chi connectivity index (χ3n) is 1.88. The van der Waals surface area contributed by atoms with E-state index in [4.69, 9.17) is 28.3 Å². The number of aliphatic carboxylic acids is 1. The molecule has 2 N–H and O–H groups in total. The van der Waals surface area contributed by atoms with E-state index in [1.54, 1.807) is 0 Å². The first kappa shape index (κ1) is 13.0. The van der Waals surface area contributed by atoms with Gasteiger partial charge in [0, 0.05) is 13.1 Å². The van der Waals surface area contributed by atoms with Crippen LogP contribution in [0.1, 0.15) is 5.56 Å². The van der Waals surface area contributed by atoms with Crippen molar-refractivity contribution in [2.45, 2.75) is 6.54 Å². The molecule has 1 aromatic carbocycles. The molecule has 0 unspecified atom stereocenters. The lowest BCUT2D eigenvalue weighted by Gasteiger charge is -2.04. The van der Waals surface area contributed by atoms with Gasteiger partial charge in [0.25, 0.3) is 0 Å². The highest BCUT2D eigenvalue weighted by molar-refractivity contribution is 6.47. The van der Waals surface area contributed by atoms with Crippen LogP contribution in [0.3, 0.4) is 0 Å². The molecule has 3 nitrogen and oxygen atoms in total. The number of hydrogen-bond acceptors (Lipinski definition) is 2. The van der Waals surface area contributed by atoms with E-state index < -0.39 is 5.97 Å². The van der Waals surface area contributed by atoms with Crippen molar-refractivity contribution in [3.8, 4) is 0 Å². The zero-order chi connectivity index (χ0) is 12.0. The first-order valence-electron chi connectivity index (χ1n) is 4.63. The first-order chi connectivity index (χ1) is 7.61. The molecule has 0 spiro atoms. The minimum atomic E-state index is -1.21. The highest BCUT2D eigenvalue weighted by Crippen LogP contribution is 2.13. The van der Waals surface area contributed by atoms with Gasteiger partial charge in [-0.05, 0) is 5.56 Å². The van der Waals surface area contributed by atoms with Gasteiger partial charge in [0.2, 0.25) is 0 Å². The summed E-state index contributed by atoms with van der Waals surface area (Å²) in [4.78, 5) is 10.5. The molecule has 1 aromatic rings. The van der Waals surface area contributed by atoms with Crippen molar-refractivity contribution in [3.05, 3.63) is 46.0 Å². The molecule has 16 heavy (non-hydrogen) atoms. The predicted octanol–water partition coefficient (Wildman–Crippen LogP) is 2.55. The molecule has 1 rings (SSSR count). The van der Waals surface area contributed by atoms with Crippen molar-refractivity contribution in [2.24, 2.45) is 0 Å². The van der Waals surface area contributed by atoms with Gasteiger partial charge in [-0.25, -0.2) is 4.79 Å². The van der Waals surface area contributed by atoms with Crippen LogP contribution in [0.4, 0.5) is 0 Å². The predicted molar refractivity (Wildman–Crippen MR) is 64.5 cm³/mol. The molecule has 0 amide bonds. The van der Waals surface area contributed by atoms with Gasteiger partial charge in [0.05, 0.1) is 5.03 Å². The summed E-state index contributed by atoms with van der Waals surface area (Å²) < 4.78 is 0. The van der Waals surface area contributed by atoms with Crippen molar-refractivity contribution in [1.29, 1.82) is 0 Å². The number of nitrogens with one attached hydrogen (secondary N) is 1. The van der Waals surface area contributed by atoms with Crippen LogP contribution in [0, 0.1) is 0 Å². The normalized spacial score (nSPS) is 12.1. The molecular weight excluding hydrogens is 249 g/mol. The molecule has 0 saturated heterocycles. The molecule has 0 aliphatic heterocycles. The largest absolute Gasteiger partial charge is 0.477 e. The van der Waals surface area contributed by atoms with Crippen LogP contribution >= 0.6 is 23.2 Å². The smallest absolute Gasteiger partial charge is 0.348 e. The molecule has 0 heterocycles. The zero-order valence-electron chi connectivity index (χ0n) is 8.41. The summed E-state index contributed by atoms with van der Waals surface area (Å²) in [5.74, 6) is -1.21. The Hall–Kier alpha value is -1.03. The van der Waals surface area contributed by atoms with Crippen LogP contribution in [-0.4, -0.2) is 17.6 Å². The molecule has 0 aliphatic rings. The monoisotopic (exact) mass is 259 g/mol. The molecule has 86 valence electrons. The van der Waals surface area contributed by atoms with Crippen molar-refractivity contribution < 1.29 is 9.90 Å². The van der Waals surface area contributed by atoms with Crippen molar-refractivity contribution in [3.63, 3.8) is 0 Å². The van der Waals surface area contributed by atoms with Gasteiger partial charge >= 0.3 is 5.97 Å². The number of carboxylic acid groups (broad SMARTS) is 1. The Morgan fingerprint density at radius 1 is 1.25 bits per heavy atom. The Bertz CT molecular complexity index is 390. The highest BCUT2D eigenvalue weighted by atomic mass is 35.5. The topological polar surface area (TPSA) is 49.3 Å². The summed E-state index contributed by atoms with van der Waals surface area (Å²) in [6.45, 7) is 0.850. The minimum Gasteiger partial charge on any atom is -0.477 e. The van der Waals surface area contributed by atoms with E-state index in [1.165, 1.54) is 0 Å². The maximum Gasteiger partial charge on any atom is 0.348 e. The molecule has 0 radical (unpaired) electrons. The fraction of sp³-hybridized carbons (Fsp3) is 0.182. The van der Waals surface area contributed by atoms with E-state index in [-0.39, 0.29) is 16.6 Å². The quantitative estimate of drug-likeness (QED) is 0.800. The molecule has 0 aromatic heterocycles. The lowest BCUT2D eigenvalue weighted by atomic mass is 10.2. The maximum atomic E-state index is 10.5. The fourth-order valence-electron chi connectivity index (χ4n) is 1.11. The van der Waals surface area contributed by atoms with Crippen LogP contribution in [-0.2, 0) is 11.3 Å². The third-order valence-corrected chi connectivity index (χ3v) is 2.69. The van der Waals surface area contributed by atoms with Crippen LogP contribution < -0.4 is 5.32 Å². The van der Waals surface area contributed by atoms with Crippen LogP contribution in [0.25, 0.3) is 0 Å².